The van der Waals surface area contributed by atoms with E-state index in [-0.39, 0.29) is 33.8 Å². The third-order valence-corrected chi connectivity index (χ3v) is 5.03. The molecular formula is C17H10FN3O2S. The van der Waals surface area contributed by atoms with Gasteiger partial charge in [-0.3, -0.25) is 4.72 Å². The molecule has 3 rings (SSSR count). The molecule has 1 aliphatic rings. The summed E-state index contributed by atoms with van der Waals surface area (Å²) in [5.41, 5.74) is 1.18. The minimum absolute atomic E-state index is 0.0551. The van der Waals surface area contributed by atoms with Crippen LogP contribution in [0.1, 0.15) is 11.1 Å². The predicted molar refractivity (Wildman–Crippen MR) is 87.2 cm³/mol. The van der Waals surface area contributed by atoms with Crippen molar-refractivity contribution in [3.63, 3.8) is 0 Å². The molecule has 5 nitrogen and oxygen atoms in total. The topological polar surface area (TPSA) is 74.3 Å². The molecule has 1 N–H and O–H groups in total. The van der Waals surface area contributed by atoms with Gasteiger partial charge in [0.2, 0.25) is 0 Å². The number of nitrogens with one attached hydrogen (secondary N) is 1. The van der Waals surface area contributed by atoms with Crippen molar-refractivity contribution in [3.05, 3.63) is 70.8 Å². The number of nitriles is 1. The molecule has 0 saturated heterocycles. The maximum atomic E-state index is 14.0. The lowest BCUT2D eigenvalue weighted by Crippen LogP contribution is -2.14. The summed E-state index contributed by atoms with van der Waals surface area (Å²) in [4.78, 5) is 3.15. The number of fused-ring (bicyclic) bond motifs is 1. The van der Waals surface area contributed by atoms with E-state index in [0.717, 1.165) is 6.07 Å². The van der Waals surface area contributed by atoms with Gasteiger partial charge in [0.1, 0.15) is 5.82 Å². The van der Waals surface area contributed by atoms with Gasteiger partial charge in [-0.1, -0.05) is 18.2 Å². The zero-order valence-electron chi connectivity index (χ0n) is 12.2. The van der Waals surface area contributed by atoms with Crippen LogP contribution in [0.25, 0.3) is 10.4 Å². The second-order valence-electron chi connectivity index (χ2n) is 5.10. The van der Waals surface area contributed by atoms with E-state index in [1.54, 1.807) is 6.08 Å². The molecule has 0 spiro atoms. The number of anilines is 1. The highest BCUT2D eigenvalue weighted by Crippen LogP contribution is 2.35. The van der Waals surface area contributed by atoms with Crippen molar-refractivity contribution in [3.8, 4) is 6.07 Å². The van der Waals surface area contributed by atoms with Gasteiger partial charge in [0, 0.05) is 5.56 Å². The van der Waals surface area contributed by atoms with Crippen molar-refractivity contribution in [2.45, 2.75) is 11.3 Å². The average Bonchev–Trinajstić information content (AvgIpc) is 3.02. The van der Waals surface area contributed by atoms with Crippen LogP contribution in [0.5, 0.6) is 0 Å². The number of hydrogen-bond acceptors (Lipinski definition) is 3. The van der Waals surface area contributed by atoms with Crippen LogP contribution in [0.15, 0.2) is 47.4 Å². The summed E-state index contributed by atoms with van der Waals surface area (Å²) < 4.78 is 41.4. The Hall–Kier alpha value is -3.16. The molecule has 0 radical (unpaired) electrons. The minimum atomic E-state index is -3.93. The molecule has 7 heteroatoms. The van der Waals surface area contributed by atoms with E-state index in [4.69, 9.17) is 11.8 Å². The zero-order chi connectivity index (χ0) is 17.3. The first-order valence-corrected chi connectivity index (χ1v) is 8.37. The number of allylic oxidation sites excluding steroid dienone is 2. The second kappa shape index (κ2) is 5.80. The van der Waals surface area contributed by atoms with Crippen molar-refractivity contribution < 1.29 is 12.8 Å². The summed E-state index contributed by atoms with van der Waals surface area (Å²) in [5.74, 6) is -0.562. The molecule has 118 valence electrons. The van der Waals surface area contributed by atoms with Crippen molar-refractivity contribution in [2.24, 2.45) is 0 Å². The van der Waals surface area contributed by atoms with Crippen LogP contribution in [-0.2, 0) is 16.4 Å². The van der Waals surface area contributed by atoms with Gasteiger partial charge in [-0.05, 0) is 36.2 Å². The van der Waals surface area contributed by atoms with Crippen LogP contribution < -0.4 is 4.72 Å². The fourth-order valence-corrected chi connectivity index (χ4v) is 3.68. The van der Waals surface area contributed by atoms with Crippen LogP contribution in [0.3, 0.4) is 0 Å². The molecule has 0 unspecified atom stereocenters. The lowest BCUT2D eigenvalue weighted by atomic mass is 10.0. The zero-order valence-corrected chi connectivity index (χ0v) is 13.1. The summed E-state index contributed by atoms with van der Waals surface area (Å²) in [6.45, 7) is 6.96. The van der Waals surface area contributed by atoms with Gasteiger partial charge in [0.15, 0.2) is 5.69 Å². The molecule has 0 aliphatic heterocycles. The fraction of sp³-hybridized carbons (Fsp3) is 0.0588. The normalized spacial score (nSPS) is 12.7. The van der Waals surface area contributed by atoms with Gasteiger partial charge >= 0.3 is 0 Å². The monoisotopic (exact) mass is 339 g/mol. The van der Waals surface area contributed by atoms with E-state index < -0.39 is 15.8 Å². The highest BCUT2D eigenvalue weighted by atomic mass is 32.2. The van der Waals surface area contributed by atoms with E-state index in [0.29, 0.717) is 5.56 Å². The third kappa shape index (κ3) is 2.62. The Bertz CT molecular complexity index is 1060. The molecule has 0 saturated carbocycles. The Morgan fingerprint density at radius 2 is 2.08 bits per heavy atom. The first-order chi connectivity index (χ1) is 11.5. The van der Waals surface area contributed by atoms with E-state index in [2.05, 4.69) is 9.57 Å². The molecule has 24 heavy (non-hydrogen) atoms. The van der Waals surface area contributed by atoms with Gasteiger partial charge in [0.25, 0.3) is 10.0 Å². The quantitative estimate of drug-likeness (QED) is 0.868. The second-order valence-corrected chi connectivity index (χ2v) is 6.78. The Labute approximate surface area is 138 Å². The Balaban J connectivity index is 2.03. The number of hydrogen-bond donors (Lipinski definition) is 1. The molecule has 0 aromatic heterocycles. The number of benzene rings is 2. The minimum Gasteiger partial charge on any atom is -0.279 e. The van der Waals surface area contributed by atoms with Crippen LogP contribution >= 0.6 is 0 Å². The Kier molecular flexibility index (Phi) is 3.80. The Morgan fingerprint density at radius 1 is 1.29 bits per heavy atom. The van der Waals surface area contributed by atoms with E-state index in [1.165, 1.54) is 30.3 Å². The molecule has 2 aromatic carbocycles. The maximum absolute atomic E-state index is 14.0. The smallest absolute Gasteiger partial charge is 0.260 e. The standard InChI is InChI=1S/C17H10FN3O2S/c1-20-12-3-2-4-13(9-12)24(22,23)21-16-8-7-15(18)17-11(10-19)5-6-14(16)17/h2-5,7-9,21H,6H2. The molecule has 0 fully saturated rings. The molecule has 0 bridgehead atoms. The number of nitrogens with zero attached hydrogens (tertiary/aromatic N) is 2. The van der Waals surface area contributed by atoms with E-state index in [9.17, 15) is 12.8 Å². The van der Waals surface area contributed by atoms with Gasteiger partial charge < -0.3 is 0 Å². The summed E-state index contributed by atoms with van der Waals surface area (Å²) in [6.07, 6.45) is 1.83. The van der Waals surface area contributed by atoms with Gasteiger partial charge in [-0.25, -0.2) is 17.7 Å². The van der Waals surface area contributed by atoms with Gasteiger partial charge in [-0.2, -0.15) is 5.26 Å². The fourth-order valence-electron chi connectivity index (χ4n) is 2.55. The maximum Gasteiger partial charge on any atom is 0.260 e. The van der Waals surface area contributed by atoms with Crippen molar-refractivity contribution in [2.75, 3.05) is 4.72 Å². The third-order valence-electron chi connectivity index (χ3n) is 3.66. The van der Waals surface area contributed by atoms with E-state index >= 15 is 0 Å². The highest BCUT2D eigenvalue weighted by Gasteiger charge is 2.24. The SMILES string of the molecule is [C-]#[N+]c1cccc(S(=O)(=O)Nc2ccc(F)c3c2CC=C3C#N)c1. The molecule has 1 aliphatic carbocycles. The molecular weight excluding hydrogens is 329 g/mol. The predicted octanol–water partition coefficient (Wildman–Crippen LogP) is 3.64. The lowest BCUT2D eigenvalue weighted by Gasteiger charge is -2.13. The van der Waals surface area contributed by atoms with E-state index in [1.807, 2.05) is 6.07 Å². The summed E-state index contributed by atoms with van der Waals surface area (Å²) >= 11 is 0. The summed E-state index contributed by atoms with van der Waals surface area (Å²) in [5, 5.41) is 9.04. The average molecular weight is 339 g/mol. The highest BCUT2D eigenvalue weighted by molar-refractivity contribution is 7.92. The number of halogens is 1. The van der Waals surface area contributed by atoms with Crippen molar-refractivity contribution in [1.29, 1.82) is 5.26 Å². The van der Waals surface area contributed by atoms with Gasteiger partial charge in [-0.15, -0.1) is 0 Å². The van der Waals surface area contributed by atoms with Gasteiger partial charge in [0.05, 0.1) is 28.8 Å². The number of rotatable bonds is 3. The molecule has 0 amide bonds. The summed E-state index contributed by atoms with van der Waals surface area (Å²) in [6, 6.07) is 9.99. The van der Waals surface area contributed by atoms with Crippen molar-refractivity contribution in [1.82, 2.24) is 0 Å². The molecule has 0 atom stereocenters. The van der Waals surface area contributed by atoms with Crippen molar-refractivity contribution >= 4 is 27.0 Å². The first kappa shape index (κ1) is 15.7. The van der Waals surface area contributed by atoms with Crippen LogP contribution in [-0.4, -0.2) is 8.42 Å². The lowest BCUT2D eigenvalue weighted by molar-refractivity contribution is 0.601. The Morgan fingerprint density at radius 3 is 2.79 bits per heavy atom. The molecule has 0 heterocycles. The largest absolute Gasteiger partial charge is 0.279 e. The first-order valence-electron chi connectivity index (χ1n) is 6.88. The van der Waals surface area contributed by atoms with Crippen LogP contribution in [0.2, 0.25) is 0 Å². The number of sulfonamides is 1. The summed E-state index contributed by atoms with van der Waals surface area (Å²) in [7, 11) is -3.93. The van der Waals surface area contributed by atoms with Crippen LogP contribution in [0.4, 0.5) is 15.8 Å². The molecule has 2 aromatic rings. The van der Waals surface area contributed by atoms with Crippen LogP contribution in [0, 0.1) is 23.7 Å².